The molecule has 1 unspecified atom stereocenters. The van der Waals surface area contributed by atoms with Gasteiger partial charge in [0.15, 0.2) is 0 Å². The Hall–Kier alpha value is -1.65. The highest BCUT2D eigenvalue weighted by atomic mass is 79.9. The third kappa shape index (κ3) is 5.46. The van der Waals surface area contributed by atoms with Crippen molar-refractivity contribution in [2.24, 2.45) is 0 Å². The van der Waals surface area contributed by atoms with Gasteiger partial charge in [0.25, 0.3) is 0 Å². The van der Waals surface area contributed by atoms with Crippen molar-refractivity contribution >= 4 is 21.9 Å². The first-order chi connectivity index (χ1) is 11.6. The number of halogens is 1. The quantitative estimate of drug-likeness (QED) is 0.576. The number of aliphatic hydroxyl groups is 1. The van der Waals surface area contributed by atoms with Gasteiger partial charge in [-0.25, -0.2) is 4.79 Å². The lowest BCUT2D eigenvalue weighted by Gasteiger charge is -2.18. The predicted molar refractivity (Wildman–Crippen MR) is 99.6 cm³/mol. The molecule has 0 aliphatic rings. The van der Waals surface area contributed by atoms with Crippen molar-refractivity contribution < 1.29 is 15.0 Å². The highest BCUT2D eigenvalue weighted by Crippen LogP contribution is 2.31. The second-order valence-corrected chi connectivity index (χ2v) is 6.87. The lowest BCUT2D eigenvalue weighted by molar-refractivity contribution is 0.0697. The van der Waals surface area contributed by atoms with Crippen molar-refractivity contribution in [3.05, 3.63) is 69.7 Å². The minimum Gasteiger partial charge on any atom is -0.478 e. The van der Waals surface area contributed by atoms with Crippen molar-refractivity contribution in [2.75, 3.05) is 6.61 Å². The number of aliphatic hydroxyl groups excluding tert-OH is 1. The number of hydrogen-bond acceptors (Lipinski definition) is 2. The molecule has 0 aromatic heterocycles. The van der Waals surface area contributed by atoms with Crippen LogP contribution in [0.4, 0.5) is 0 Å². The summed E-state index contributed by atoms with van der Waals surface area (Å²) in [6.07, 6.45) is 5.10. The fourth-order valence-corrected chi connectivity index (χ4v) is 3.16. The molecule has 2 aromatic rings. The molecule has 0 bridgehead atoms. The monoisotopic (exact) mass is 390 g/mol. The molecular weight excluding hydrogens is 368 g/mol. The molecule has 0 saturated heterocycles. The van der Waals surface area contributed by atoms with E-state index < -0.39 is 5.97 Å². The molecule has 0 amide bonds. The van der Waals surface area contributed by atoms with Gasteiger partial charge in [0.05, 0.1) is 5.56 Å². The molecule has 0 spiro atoms. The van der Waals surface area contributed by atoms with E-state index in [1.54, 1.807) is 12.1 Å². The van der Waals surface area contributed by atoms with Gasteiger partial charge in [-0.1, -0.05) is 59.5 Å². The third-order valence-electron chi connectivity index (χ3n) is 4.23. The first-order valence-corrected chi connectivity index (χ1v) is 9.10. The largest absolute Gasteiger partial charge is 0.478 e. The second-order valence-electron chi connectivity index (χ2n) is 5.96. The Bertz CT molecular complexity index is 635. The van der Waals surface area contributed by atoms with Gasteiger partial charge in [0.2, 0.25) is 0 Å². The van der Waals surface area contributed by atoms with Crippen molar-refractivity contribution in [3.63, 3.8) is 0 Å². The number of aromatic carboxylic acids is 1. The number of carbonyl (C=O) groups is 1. The first kappa shape index (κ1) is 18.7. The van der Waals surface area contributed by atoms with Gasteiger partial charge >= 0.3 is 5.97 Å². The normalized spacial score (nSPS) is 12.1. The Kier molecular flexibility index (Phi) is 7.47. The first-order valence-electron chi connectivity index (χ1n) is 8.31. The maximum Gasteiger partial charge on any atom is 0.335 e. The van der Waals surface area contributed by atoms with E-state index >= 15 is 0 Å². The number of unbranched alkanes of at least 4 members (excludes halogenated alkanes) is 3. The van der Waals surface area contributed by atoms with E-state index in [1.165, 1.54) is 5.56 Å². The molecule has 4 heteroatoms. The molecule has 0 radical (unpaired) electrons. The minimum absolute atomic E-state index is 0.257. The average Bonchev–Trinajstić information content (AvgIpc) is 2.59. The van der Waals surface area contributed by atoms with Crippen molar-refractivity contribution in [1.82, 2.24) is 0 Å². The molecule has 24 heavy (non-hydrogen) atoms. The molecule has 0 aliphatic heterocycles. The molecular formula is C20H23BrO3. The van der Waals surface area contributed by atoms with E-state index in [0.29, 0.717) is 5.56 Å². The van der Waals surface area contributed by atoms with E-state index in [0.717, 1.165) is 42.1 Å². The van der Waals surface area contributed by atoms with Crippen LogP contribution in [0.5, 0.6) is 0 Å². The average molecular weight is 391 g/mol. The summed E-state index contributed by atoms with van der Waals surface area (Å²) in [4.78, 5) is 11.0. The van der Waals surface area contributed by atoms with E-state index in [1.807, 2.05) is 24.3 Å². The summed E-state index contributed by atoms with van der Waals surface area (Å²) in [6.45, 7) is 0.257. The number of hydrogen-bond donors (Lipinski definition) is 2. The van der Waals surface area contributed by atoms with E-state index in [2.05, 4.69) is 28.1 Å². The summed E-state index contributed by atoms with van der Waals surface area (Å²) in [7, 11) is 0. The summed E-state index contributed by atoms with van der Waals surface area (Å²) in [5.74, 6) is -0.638. The summed E-state index contributed by atoms with van der Waals surface area (Å²) < 4.78 is 1.05. The van der Waals surface area contributed by atoms with Gasteiger partial charge in [-0.2, -0.15) is 0 Å². The molecule has 128 valence electrons. The lowest BCUT2D eigenvalue weighted by Crippen LogP contribution is -2.03. The molecule has 2 N–H and O–H groups in total. The Labute approximate surface area is 151 Å². The Balaban J connectivity index is 2.15. The SMILES string of the molecule is O=C(O)c1ccc(C(CCCCCCO)c2ccc(Br)cc2)cc1. The van der Waals surface area contributed by atoms with Gasteiger partial charge in [0.1, 0.15) is 0 Å². The minimum atomic E-state index is -0.897. The number of benzene rings is 2. The fraction of sp³-hybridized carbons (Fsp3) is 0.350. The smallest absolute Gasteiger partial charge is 0.335 e. The van der Waals surface area contributed by atoms with Crippen LogP contribution in [-0.4, -0.2) is 22.8 Å². The molecule has 0 aliphatic carbocycles. The number of carboxylic acids is 1. The maximum atomic E-state index is 11.0. The topological polar surface area (TPSA) is 57.5 Å². The molecule has 2 aromatic carbocycles. The van der Waals surface area contributed by atoms with Gasteiger partial charge in [0, 0.05) is 17.0 Å². The van der Waals surface area contributed by atoms with Crippen LogP contribution in [0.3, 0.4) is 0 Å². The van der Waals surface area contributed by atoms with Gasteiger partial charge in [-0.05, 0) is 48.2 Å². The zero-order chi connectivity index (χ0) is 17.4. The highest BCUT2D eigenvalue weighted by molar-refractivity contribution is 9.10. The fourth-order valence-electron chi connectivity index (χ4n) is 2.89. The van der Waals surface area contributed by atoms with Crippen LogP contribution in [0.15, 0.2) is 53.0 Å². The summed E-state index contributed by atoms with van der Waals surface area (Å²) in [6, 6.07) is 15.5. The van der Waals surface area contributed by atoms with Gasteiger partial charge in [-0.3, -0.25) is 0 Å². The van der Waals surface area contributed by atoms with Crippen LogP contribution >= 0.6 is 15.9 Å². The third-order valence-corrected chi connectivity index (χ3v) is 4.76. The molecule has 3 nitrogen and oxygen atoms in total. The van der Waals surface area contributed by atoms with Crippen LogP contribution in [0.2, 0.25) is 0 Å². The summed E-state index contributed by atoms with van der Waals surface area (Å²) in [5, 5.41) is 17.9. The second kappa shape index (κ2) is 9.60. The van der Waals surface area contributed by atoms with Crippen LogP contribution in [0, 0.1) is 0 Å². The van der Waals surface area contributed by atoms with Crippen LogP contribution in [0.1, 0.15) is 59.5 Å². The van der Waals surface area contributed by atoms with E-state index in [-0.39, 0.29) is 12.5 Å². The Morgan fingerprint density at radius 3 is 1.96 bits per heavy atom. The number of carboxylic acid groups (broad SMARTS) is 1. The van der Waals surface area contributed by atoms with Crippen molar-refractivity contribution in [3.8, 4) is 0 Å². The molecule has 0 fully saturated rings. The number of rotatable bonds is 9. The molecule has 1 atom stereocenters. The van der Waals surface area contributed by atoms with E-state index in [9.17, 15) is 4.79 Å². The van der Waals surface area contributed by atoms with Gasteiger partial charge in [-0.15, -0.1) is 0 Å². The Morgan fingerprint density at radius 2 is 1.42 bits per heavy atom. The predicted octanol–water partition coefficient (Wildman–Crippen LogP) is 5.22. The summed E-state index contributed by atoms with van der Waals surface area (Å²) >= 11 is 3.47. The summed E-state index contributed by atoms with van der Waals surface area (Å²) in [5.41, 5.74) is 2.70. The standard InChI is InChI=1S/C20H23BrO3/c21-18-12-10-16(11-13-18)19(5-3-1-2-4-14-22)15-6-8-17(9-7-15)20(23)24/h6-13,19,22H,1-5,14H2,(H,23,24). The van der Waals surface area contributed by atoms with Gasteiger partial charge < -0.3 is 10.2 Å². The van der Waals surface area contributed by atoms with Crippen molar-refractivity contribution in [2.45, 2.75) is 38.0 Å². The molecule has 2 rings (SSSR count). The molecule has 0 heterocycles. The Morgan fingerprint density at radius 1 is 0.875 bits per heavy atom. The highest BCUT2D eigenvalue weighted by Gasteiger charge is 2.15. The van der Waals surface area contributed by atoms with Crippen LogP contribution in [-0.2, 0) is 0 Å². The zero-order valence-corrected chi connectivity index (χ0v) is 15.2. The van der Waals surface area contributed by atoms with Crippen LogP contribution in [0.25, 0.3) is 0 Å². The zero-order valence-electron chi connectivity index (χ0n) is 13.6. The molecule has 0 saturated carbocycles. The van der Waals surface area contributed by atoms with Crippen LogP contribution < -0.4 is 0 Å². The van der Waals surface area contributed by atoms with E-state index in [4.69, 9.17) is 10.2 Å². The lowest BCUT2D eigenvalue weighted by atomic mass is 9.86. The maximum absolute atomic E-state index is 11.0. The van der Waals surface area contributed by atoms with Crippen molar-refractivity contribution in [1.29, 1.82) is 0 Å².